The quantitative estimate of drug-likeness (QED) is 0.786. The van der Waals surface area contributed by atoms with E-state index in [1.807, 2.05) is 0 Å². The molecule has 4 rings (SSSR count). The van der Waals surface area contributed by atoms with Crippen molar-refractivity contribution >= 4 is 10.0 Å². The average Bonchev–Trinajstić information content (AvgIpc) is 3.02. The molecule has 1 aliphatic carbocycles. The van der Waals surface area contributed by atoms with Crippen molar-refractivity contribution in [2.24, 2.45) is 7.05 Å². The number of piperazine rings is 1. The summed E-state index contributed by atoms with van der Waals surface area (Å²) in [4.78, 5) is 9.14. The van der Waals surface area contributed by atoms with Crippen LogP contribution < -0.4 is 0 Å². The summed E-state index contributed by atoms with van der Waals surface area (Å²) in [5, 5.41) is 0.146. The van der Waals surface area contributed by atoms with E-state index >= 15 is 0 Å². The van der Waals surface area contributed by atoms with Crippen LogP contribution in [0.5, 0.6) is 0 Å². The van der Waals surface area contributed by atoms with Gasteiger partial charge in [0.25, 0.3) is 10.0 Å². The molecule has 0 spiro atoms. The first-order valence-corrected chi connectivity index (χ1v) is 11.0. The lowest BCUT2D eigenvalue weighted by atomic mass is 9.93. The summed E-state index contributed by atoms with van der Waals surface area (Å²) < 4.78 is 28.3. The number of aryl methyl sites for hydroxylation is 1. The zero-order chi connectivity index (χ0) is 17.4. The maximum absolute atomic E-state index is 12.6. The number of aromatic nitrogens is 2. The van der Waals surface area contributed by atoms with Crippen LogP contribution in [-0.4, -0.2) is 83.4 Å². The lowest BCUT2D eigenvalue weighted by molar-refractivity contribution is 0.0200. The van der Waals surface area contributed by atoms with E-state index in [0.717, 1.165) is 32.2 Å². The first-order chi connectivity index (χ1) is 12.1. The van der Waals surface area contributed by atoms with Crippen LogP contribution in [0.2, 0.25) is 0 Å². The maximum Gasteiger partial charge on any atom is 0.277 e. The Bertz CT molecular complexity index is 684. The lowest BCUT2D eigenvalue weighted by Crippen LogP contribution is -2.64. The molecule has 0 atom stereocenters. The normalized spacial score (nSPS) is 26.0. The minimum Gasteiger partial charge on any atom is -0.324 e. The summed E-state index contributed by atoms with van der Waals surface area (Å²) in [5.41, 5.74) is 0. The second-order valence-electron chi connectivity index (χ2n) is 7.66. The van der Waals surface area contributed by atoms with Gasteiger partial charge in [-0.1, -0.05) is 19.3 Å². The molecule has 3 aliphatic rings. The van der Waals surface area contributed by atoms with E-state index in [9.17, 15) is 8.42 Å². The smallest absolute Gasteiger partial charge is 0.277 e. The van der Waals surface area contributed by atoms with Gasteiger partial charge in [0.1, 0.15) is 0 Å². The predicted molar refractivity (Wildman–Crippen MR) is 95.8 cm³/mol. The second kappa shape index (κ2) is 6.98. The highest BCUT2D eigenvalue weighted by Gasteiger charge is 2.42. The van der Waals surface area contributed by atoms with Crippen molar-refractivity contribution in [2.75, 3.05) is 39.3 Å². The molecule has 0 unspecified atom stereocenters. The SMILES string of the molecule is Cn1ccnc1S(=O)(=O)N1CC(N2CCN(C3CCCCC3)CC2)C1. The number of hydrogen-bond donors (Lipinski definition) is 0. The molecular formula is C17H29N5O2S. The Morgan fingerprint density at radius 1 is 0.960 bits per heavy atom. The van der Waals surface area contributed by atoms with Gasteiger partial charge in [0, 0.05) is 70.8 Å². The average molecular weight is 368 g/mol. The van der Waals surface area contributed by atoms with Gasteiger partial charge in [0.05, 0.1) is 0 Å². The molecule has 8 heteroatoms. The van der Waals surface area contributed by atoms with Gasteiger partial charge in [-0.15, -0.1) is 0 Å². The topological polar surface area (TPSA) is 61.7 Å². The molecule has 140 valence electrons. The summed E-state index contributed by atoms with van der Waals surface area (Å²) in [5.74, 6) is 0. The van der Waals surface area contributed by atoms with Gasteiger partial charge in [-0.3, -0.25) is 9.80 Å². The molecule has 3 heterocycles. The third-order valence-electron chi connectivity index (χ3n) is 6.13. The van der Waals surface area contributed by atoms with E-state index in [4.69, 9.17) is 0 Å². The molecule has 0 radical (unpaired) electrons. The zero-order valence-corrected chi connectivity index (χ0v) is 15.9. The molecule has 0 N–H and O–H groups in total. The second-order valence-corrected chi connectivity index (χ2v) is 9.49. The van der Waals surface area contributed by atoms with Gasteiger partial charge in [-0.25, -0.2) is 13.4 Å². The molecule has 1 aromatic heterocycles. The van der Waals surface area contributed by atoms with Crippen LogP contribution in [0.4, 0.5) is 0 Å². The fourth-order valence-electron chi connectivity index (χ4n) is 4.47. The highest BCUT2D eigenvalue weighted by Crippen LogP contribution is 2.27. The highest BCUT2D eigenvalue weighted by molar-refractivity contribution is 7.89. The van der Waals surface area contributed by atoms with Crippen molar-refractivity contribution in [3.05, 3.63) is 12.4 Å². The first-order valence-electron chi connectivity index (χ1n) is 9.51. The Kier molecular flexibility index (Phi) is 4.87. The van der Waals surface area contributed by atoms with Crippen LogP contribution in [0, 0.1) is 0 Å². The van der Waals surface area contributed by atoms with Crippen LogP contribution in [0.3, 0.4) is 0 Å². The lowest BCUT2D eigenvalue weighted by Gasteiger charge is -2.48. The summed E-state index contributed by atoms with van der Waals surface area (Å²) in [6.07, 6.45) is 10.1. The Morgan fingerprint density at radius 2 is 1.56 bits per heavy atom. The van der Waals surface area contributed by atoms with Gasteiger partial charge in [0.2, 0.25) is 5.16 Å². The van der Waals surface area contributed by atoms with Crippen molar-refractivity contribution < 1.29 is 8.42 Å². The predicted octanol–water partition coefficient (Wildman–Crippen LogP) is 0.743. The van der Waals surface area contributed by atoms with Gasteiger partial charge < -0.3 is 4.57 Å². The van der Waals surface area contributed by atoms with E-state index in [1.165, 1.54) is 38.3 Å². The summed E-state index contributed by atoms with van der Waals surface area (Å²) >= 11 is 0. The van der Waals surface area contributed by atoms with E-state index in [2.05, 4.69) is 14.8 Å². The standard InChI is InChI=1S/C17H29N5O2S/c1-19-8-7-18-17(19)25(23,24)22-13-16(14-22)21-11-9-20(10-12-21)15-5-3-2-4-6-15/h7-8,15-16H,2-6,9-14H2,1H3. The van der Waals surface area contributed by atoms with Crippen molar-refractivity contribution in [2.45, 2.75) is 49.3 Å². The van der Waals surface area contributed by atoms with Crippen molar-refractivity contribution in [1.29, 1.82) is 0 Å². The Labute approximate surface area is 150 Å². The van der Waals surface area contributed by atoms with Crippen molar-refractivity contribution in [1.82, 2.24) is 23.7 Å². The monoisotopic (exact) mass is 367 g/mol. The number of rotatable bonds is 4. The largest absolute Gasteiger partial charge is 0.324 e. The zero-order valence-electron chi connectivity index (χ0n) is 15.0. The third kappa shape index (κ3) is 3.37. The molecule has 1 aromatic rings. The van der Waals surface area contributed by atoms with Crippen molar-refractivity contribution in [3.8, 4) is 0 Å². The number of sulfonamides is 1. The number of imidazole rings is 1. The van der Waals surface area contributed by atoms with Gasteiger partial charge >= 0.3 is 0 Å². The van der Waals surface area contributed by atoms with Crippen LogP contribution in [0.25, 0.3) is 0 Å². The van der Waals surface area contributed by atoms with Gasteiger partial charge in [-0.05, 0) is 12.8 Å². The van der Waals surface area contributed by atoms with E-state index in [0.29, 0.717) is 19.1 Å². The summed E-state index contributed by atoms with van der Waals surface area (Å²) in [6.45, 7) is 5.59. The van der Waals surface area contributed by atoms with Crippen LogP contribution in [0.15, 0.2) is 17.6 Å². The molecule has 0 bridgehead atoms. The number of hydrogen-bond acceptors (Lipinski definition) is 5. The molecule has 3 fully saturated rings. The first kappa shape index (κ1) is 17.5. The molecular weight excluding hydrogens is 338 g/mol. The Morgan fingerprint density at radius 3 is 2.12 bits per heavy atom. The molecule has 1 saturated carbocycles. The minimum absolute atomic E-state index is 0.146. The maximum atomic E-state index is 12.6. The molecule has 25 heavy (non-hydrogen) atoms. The van der Waals surface area contributed by atoms with E-state index in [-0.39, 0.29) is 5.16 Å². The molecule has 2 aliphatic heterocycles. The summed E-state index contributed by atoms with van der Waals surface area (Å²) in [6, 6.07) is 1.15. The third-order valence-corrected chi connectivity index (χ3v) is 7.97. The van der Waals surface area contributed by atoms with Crippen LogP contribution in [0.1, 0.15) is 32.1 Å². The fraction of sp³-hybridized carbons (Fsp3) is 0.824. The fourth-order valence-corrected chi connectivity index (χ4v) is 6.06. The number of nitrogens with zero attached hydrogens (tertiary/aromatic N) is 5. The summed E-state index contributed by atoms with van der Waals surface area (Å²) in [7, 11) is -1.72. The van der Waals surface area contributed by atoms with Crippen LogP contribution in [-0.2, 0) is 17.1 Å². The van der Waals surface area contributed by atoms with Crippen molar-refractivity contribution in [3.63, 3.8) is 0 Å². The highest BCUT2D eigenvalue weighted by atomic mass is 32.2. The molecule has 2 saturated heterocycles. The van der Waals surface area contributed by atoms with E-state index in [1.54, 1.807) is 22.1 Å². The molecule has 0 aromatic carbocycles. The van der Waals surface area contributed by atoms with E-state index < -0.39 is 10.0 Å². The van der Waals surface area contributed by atoms with Crippen LogP contribution >= 0.6 is 0 Å². The Balaban J connectivity index is 1.28. The van der Waals surface area contributed by atoms with Gasteiger partial charge in [0.15, 0.2) is 0 Å². The minimum atomic E-state index is -3.44. The van der Waals surface area contributed by atoms with Gasteiger partial charge in [-0.2, -0.15) is 4.31 Å². The molecule has 0 amide bonds. The Hall–Kier alpha value is -0.960. The molecule has 7 nitrogen and oxygen atoms in total.